The minimum atomic E-state index is -0.768. The van der Waals surface area contributed by atoms with Crippen LogP contribution in [0.3, 0.4) is 0 Å². The summed E-state index contributed by atoms with van der Waals surface area (Å²) in [6.07, 6.45) is 2.98. The Kier molecular flexibility index (Phi) is 8.40. The van der Waals surface area contributed by atoms with Crippen LogP contribution in [-0.4, -0.2) is 67.8 Å². The van der Waals surface area contributed by atoms with Gasteiger partial charge in [-0.15, -0.1) is 0 Å². The Morgan fingerprint density at radius 3 is 2.26 bits per heavy atom. The molecule has 23 heavy (non-hydrogen) atoms. The molecule has 1 aromatic heterocycles. The molecule has 0 unspecified atom stereocenters. The molecule has 0 saturated heterocycles. The predicted molar refractivity (Wildman–Crippen MR) is 95.4 cm³/mol. The molecule has 1 aromatic rings. The molecule has 0 radical (unpaired) electrons. The van der Waals surface area contributed by atoms with Gasteiger partial charge in [0.05, 0.1) is 18.3 Å². The van der Waals surface area contributed by atoms with E-state index in [1.807, 2.05) is 32.4 Å². The van der Waals surface area contributed by atoms with Gasteiger partial charge in [0.25, 0.3) is 0 Å². The van der Waals surface area contributed by atoms with E-state index in [0.29, 0.717) is 6.54 Å². The summed E-state index contributed by atoms with van der Waals surface area (Å²) < 4.78 is 0. The van der Waals surface area contributed by atoms with E-state index in [9.17, 15) is 4.79 Å². The molecule has 0 bridgehead atoms. The maximum atomic E-state index is 10.9. The average Bonchev–Trinajstić information content (AvgIpc) is 2.52. The van der Waals surface area contributed by atoms with Crippen LogP contribution in [0.15, 0.2) is 18.3 Å². The number of pyridine rings is 1. The molecule has 0 amide bonds. The highest BCUT2D eigenvalue weighted by Crippen LogP contribution is 2.18. The molecule has 0 aromatic carbocycles. The average molecular weight is 322 g/mol. The molecule has 0 saturated carbocycles. The summed E-state index contributed by atoms with van der Waals surface area (Å²) in [6, 6.07) is 4.06. The van der Waals surface area contributed by atoms with Crippen LogP contribution in [0.2, 0.25) is 0 Å². The second kappa shape index (κ2) is 10.0. The number of nitrogens with zero attached hydrogens (tertiary/aromatic N) is 4. The highest BCUT2D eigenvalue weighted by molar-refractivity contribution is 5.67. The Bertz CT molecular complexity index is 458. The Hall–Kier alpha value is -1.82. The minimum absolute atomic E-state index is 0.139. The molecule has 0 aliphatic carbocycles. The number of rotatable bonds is 11. The second-order valence-electron chi connectivity index (χ2n) is 5.83. The van der Waals surface area contributed by atoms with Crippen molar-refractivity contribution in [1.82, 2.24) is 9.88 Å². The predicted octanol–water partition coefficient (Wildman–Crippen LogP) is 2.16. The van der Waals surface area contributed by atoms with Crippen LogP contribution >= 0.6 is 0 Å². The largest absolute Gasteiger partial charge is 0.481 e. The van der Waals surface area contributed by atoms with Crippen LogP contribution in [0.25, 0.3) is 0 Å². The highest BCUT2D eigenvalue weighted by atomic mass is 16.4. The third-order valence-corrected chi connectivity index (χ3v) is 3.81. The van der Waals surface area contributed by atoms with E-state index in [-0.39, 0.29) is 6.42 Å². The molecule has 0 aliphatic rings. The van der Waals surface area contributed by atoms with Crippen LogP contribution in [-0.2, 0) is 4.79 Å². The first-order chi connectivity index (χ1) is 11.0. The number of carbonyl (C=O) groups is 1. The van der Waals surface area contributed by atoms with Crippen molar-refractivity contribution in [3.8, 4) is 0 Å². The lowest BCUT2D eigenvalue weighted by Crippen LogP contribution is -2.30. The Balaban J connectivity index is 2.77. The van der Waals surface area contributed by atoms with E-state index in [4.69, 9.17) is 5.11 Å². The first kappa shape index (κ1) is 19.2. The third-order valence-electron chi connectivity index (χ3n) is 3.81. The van der Waals surface area contributed by atoms with Crippen molar-refractivity contribution in [3.05, 3.63) is 18.3 Å². The summed E-state index contributed by atoms with van der Waals surface area (Å²) in [4.78, 5) is 21.9. The molecular formula is C17H30N4O2. The van der Waals surface area contributed by atoms with E-state index in [1.54, 1.807) is 0 Å². The van der Waals surface area contributed by atoms with Crippen LogP contribution in [0, 0.1) is 0 Å². The standard InChI is InChI=1S/C17H30N4O2/c1-5-20(6-2)16-9-8-15(14-18-16)21(13-10-17(22)23)12-7-11-19(3)4/h8-9,14H,5-7,10-13H2,1-4H3,(H,22,23). The van der Waals surface area contributed by atoms with Crippen LogP contribution < -0.4 is 9.80 Å². The number of carboxylic acids is 1. The molecule has 6 nitrogen and oxygen atoms in total. The van der Waals surface area contributed by atoms with Crippen molar-refractivity contribution in [2.45, 2.75) is 26.7 Å². The van der Waals surface area contributed by atoms with Gasteiger partial charge in [0.15, 0.2) is 0 Å². The van der Waals surface area contributed by atoms with Crippen molar-refractivity contribution in [2.24, 2.45) is 0 Å². The second-order valence-corrected chi connectivity index (χ2v) is 5.83. The van der Waals surface area contributed by atoms with Gasteiger partial charge in [-0.3, -0.25) is 4.79 Å². The van der Waals surface area contributed by atoms with Crippen molar-refractivity contribution >= 4 is 17.5 Å². The SMILES string of the molecule is CCN(CC)c1ccc(N(CCCN(C)C)CCC(=O)O)cn1. The maximum Gasteiger partial charge on any atom is 0.305 e. The Labute approximate surface area is 139 Å². The van der Waals surface area contributed by atoms with Crippen molar-refractivity contribution < 1.29 is 9.90 Å². The van der Waals surface area contributed by atoms with Crippen LogP contribution in [0.4, 0.5) is 11.5 Å². The van der Waals surface area contributed by atoms with Gasteiger partial charge in [-0.2, -0.15) is 0 Å². The molecule has 0 aliphatic heterocycles. The molecular weight excluding hydrogens is 292 g/mol. The lowest BCUT2D eigenvalue weighted by molar-refractivity contribution is -0.136. The number of hydrogen-bond acceptors (Lipinski definition) is 5. The van der Waals surface area contributed by atoms with Gasteiger partial charge < -0.3 is 19.8 Å². The monoisotopic (exact) mass is 322 g/mol. The van der Waals surface area contributed by atoms with E-state index in [2.05, 4.69) is 33.5 Å². The lowest BCUT2D eigenvalue weighted by atomic mass is 10.2. The maximum absolute atomic E-state index is 10.9. The summed E-state index contributed by atoms with van der Waals surface area (Å²) >= 11 is 0. The molecule has 130 valence electrons. The quantitative estimate of drug-likeness (QED) is 0.674. The van der Waals surface area contributed by atoms with Crippen LogP contribution in [0.5, 0.6) is 0 Å². The van der Waals surface area contributed by atoms with Gasteiger partial charge >= 0.3 is 5.97 Å². The number of hydrogen-bond donors (Lipinski definition) is 1. The van der Waals surface area contributed by atoms with E-state index in [1.165, 1.54) is 0 Å². The molecule has 1 N–H and O–H groups in total. The zero-order chi connectivity index (χ0) is 17.2. The summed E-state index contributed by atoms with van der Waals surface area (Å²) in [5.74, 6) is 0.195. The van der Waals surface area contributed by atoms with Gasteiger partial charge in [0.2, 0.25) is 0 Å². The topological polar surface area (TPSA) is 59.9 Å². The minimum Gasteiger partial charge on any atom is -0.481 e. The summed E-state index contributed by atoms with van der Waals surface area (Å²) in [5, 5.41) is 8.95. The van der Waals surface area contributed by atoms with Crippen LogP contribution in [0.1, 0.15) is 26.7 Å². The summed E-state index contributed by atoms with van der Waals surface area (Å²) in [5.41, 5.74) is 0.987. The fourth-order valence-corrected chi connectivity index (χ4v) is 2.48. The normalized spacial score (nSPS) is 10.8. The summed E-state index contributed by atoms with van der Waals surface area (Å²) in [6.45, 7) is 8.39. The lowest BCUT2D eigenvalue weighted by Gasteiger charge is -2.26. The van der Waals surface area contributed by atoms with Gasteiger partial charge in [-0.1, -0.05) is 0 Å². The molecule has 6 heteroatoms. The molecule has 0 fully saturated rings. The first-order valence-corrected chi connectivity index (χ1v) is 8.30. The Morgan fingerprint density at radius 1 is 1.09 bits per heavy atom. The third kappa shape index (κ3) is 6.86. The number of aromatic nitrogens is 1. The molecule has 1 heterocycles. The zero-order valence-electron chi connectivity index (χ0n) is 14.8. The first-order valence-electron chi connectivity index (χ1n) is 8.30. The smallest absolute Gasteiger partial charge is 0.305 e. The van der Waals surface area contributed by atoms with E-state index >= 15 is 0 Å². The van der Waals surface area contributed by atoms with Gasteiger partial charge in [0, 0.05) is 26.2 Å². The number of carboxylic acid groups (broad SMARTS) is 1. The fraction of sp³-hybridized carbons (Fsp3) is 0.647. The highest BCUT2D eigenvalue weighted by Gasteiger charge is 2.11. The summed E-state index contributed by atoms with van der Waals surface area (Å²) in [7, 11) is 4.09. The van der Waals surface area contributed by atoms with Crippen molar-refractivity contribution in [1.29, 1.82) is 0 Å². The van der Waals surface area contributed by atoms with Crippen molar-refractivity contribution in [3.63, 3.8) is 0 Å². The van der Waals surface area contributed by atoms with Gasteiger partial charge in [0.1, 0.15) is 5.82 Å². The molecule has 0 atom stereocenters. The molecule has 1 rings (SSSR count). The molecule has 0 spiro atoms. The number of anilines is 2. The van der Waals surface area contributed by atoms with Crippen molar-refractivity contribution in [2.75, 3.05) is 56.6 Å². The number of aliphatic carboxylic acids is 1. The van der Waals surface area contributed by atoms with E-state index < -0.39 is 5.97 Å². The van der Waals surface area contributed by atoms with E-state index in [0.717, 1.165) is 44.1 Å². The fourth-order valence-electron chi connectivity index (χ4n) is 2.48. The van der Waals surface area contributed by atoms with Gasteiger partial charge in [-0.05, 0) is 53.0 Å². The van der Waals surface area contributed by atoms with Gasteiger partial charge in [-0.25, -0.2) is 4.98 Å². The Morgan fingerprint density at radius 2 is 1.78 bits per heavy atom. The zero-order valence-corrected chi connectivity index (χ0v) is 14.8.